The highest BCUT2D eigenvalue weighted by Crippen LogP contribution is 2.57. The van der Waals surface area contributed by atoms with E-state index in [-0.39, 0.29) is 10.8 Å². The molecule has 0 saturated carbocycles. The van der Waals surface area contributed by atoms with Crippen molar-refractivity contribution in [1.82, 2.24) is 19.9 Å². The molecular formula is C60H44N4. The standard InChI is InChI=1S/C60H44N4/c1-59(2)50-33-40(37-17-19-38(20-18-37)43-35-55(53-15-6-9-30-62-53)64-56(36-43)54-16-7-10-31-63-54)21-23-44(50)46-25-27-49-48(57(46)59)28-26-47-45-24-22-41(34-51(45)60(3,4)58(47)49)39-12-11-13-42(32-39)52-14-5-8-29-61-52/h5-36H,1-4H3. The van der Waals surface area contributed by atoms with Gasteiger partial charge in [-0.05, 0) is 155 Å². The van der Waals surface area contributed by atoms with Crippen LogP contribution in [0.1, 0.15) is 49.9 Å². The van der Waals surface area contributed by atoms with Crippen LogP contribution < -0.4 is 0 Å². The summed E-state index contributed by atoms with van der Waals surface area (Å²) in [6.07, 6.45) is 5.48. The third-order valence-electron chi connectivity index (χ3n) is 13.8. The summed E-state index contributed by atoms with van der Waals surface area (Å²) in [4.78, 5) is 18.8. The van der Waals surface area contributed by atoms with Gasteiger partial charge in [0.05, 0.1) is 28.5 Å². The first-order valence-electron chi connectivity index (χ1n) is 22.1. The van der Waals surface area contributed by atoms with E-state index in [2.05, 4.69) is 170 Å². The maximum absolute atomic E-state index is 4.98. The Kier molecular flexibility index (Phi) is 8.51. The fourth-order valence-electron chi connectivity index (χ4n) is 10.7. The van der Waals surface area contributed by atoms with Gasteiger partial charge in [-0.3, -0.25) is 15.0 Å². The van der Waals surface area contributed by atoms with Gasteiger partial charge in [0.25, 0.3) is 0 Å². The van der Waals surface area contributed by atoms with Crippen molar-refractivity contribution < 1.29 is 0 Å². The van der Waals surface area contributed by atoms with Crippen molar-refractivity contribution in [3.8, 4) is 89.7 Å². The second-order valence-corrected chi connectivity index (χ2v) is 18.3. The average Bonchev–Trinajstić information content (AvgIpc) is 3.73. The van der Waals surface area contributed by atoms with Crippen LogP contribution in [0.2, 0.25) is 0 Å². The summed E-state index contributed by atoms with van der Waals surface area (Å²) in [6.45, 7) is 9.63. The quantitative estimate of drug-likeness (QED) is 0.168. The van der Waals surface area contributed by atoms with Crippen molar-refractivity contribution in [2.75, 3.05) is 0 Å². The fourth-order valence-corrected chi connectivity index (χ4v) is 10.7. The van der Waals surface area contributed by atoms with Gasteiger partial charge in [-0.1, -0.05) is 137 Å². The Hall–Kier alpha value is -7.82. The van der Waals surface area contributed by atoms with Crippen molar-refractivity contribution in [1.29, 1.82) is 0 Å². The molecule has 304 valence electrons. The minimum absolute atomic E-state index is 0.182. The third kappa shape index (κ3) is 5.97. The van der Waals surface area contributed by atoms with E-state index in [1.165, 1.54) is 77.5 Å². The van der Waals surface area contributed by atoms with Crippen LogP contribution >= 0.6 is 0 Å². The lowest BCUT2D eigenvalue weighted by molar-refractivity contribution is 0.661. The number of hydrogen-bond donors (Lipinski definition) is 0. The number of fused-ring (bicyclic) bond motifs is 9. The van der Waals surface area contributed by atoms with Gasteiger partial charge in [0.15, 0.2) is 0 Å². The van der Waals surface area contributed by atoms with Crippen molar-refractivity contribution in [2.24, 2.45) is 0 Å². The summed E-state index contributed by atoms with van der Waals surface area (Å²) in [6, 6.07) is 63.6. The molecule has 0 N–H and O–H groups in total. The molecule has 0 unspecified atom stereocenters. The number of nitrogens with zero attached hydrogens (tertiary/aromatic N) is 4. The van der Waals surface area contributed by atoms with Crippen LogP contribution in [0.25, 0.3) is 100 Å². The zero-order valence-electron chi connectivity index (χ0n) is 36.3. The zero-order chi connectivity index (χ0) is 43.2. The number of benzene rings is 6. The van der Waals surface area contributed by atoms with E-state index in [0.717, 1.165) is 45.2 Å². The summed E-state index contributed by atoms with van der Waals surface area (Å²) in [7, 11) is 0. The molecular weight excluding hydrogens is 777 g/mol. The second-order valence-electron chi connectivity index (χ2n) is 18.3. The number of hydrogen-bond acceptors (Lipinski definition) is 4. The van der Waals surface area contributed by atoms with E-state index in [0.29, 0.717) is 0 Å². The summed E-state index contributed by atoms with van der Waals surface area (Å²) >= 11 is 0. The van der Waals surface area contributed by atoms with Crippen molar-refractivity contribution in [2.45, 2.75) is 38.5 Å². The minimum atomic E-state index is -0.198. The molecule has 0 spiro atoms. The Morgan fingerprint density at radius 2 is 0.719 bits per heavy atom. The predicted octanol–water partition coefficient (Wildman–Crippen LogP) is 15.0. The van der Waals surface area contributed by atoms with Gasteiger partial charge in [-0.15, -0.1) is 0 Å². The lowest BCUT2D eigenvalue weighted by atomic mass is 9.76. The van der Waals surface area contributed by atoms with Crippen LogP contribution in [0.5, 0.6) is 0 Å². The minimum Gasteiger partial charge on any atom is -0.256 e. The highest BCUT2D eigenvalue weighted by Gasteiger charge is 2.41. The molecule has 2 aliphatic rings. The third-order valence-corrected chi connectivity index (χ3v) is 13.8. The molecule has 4 heteroatoms. The maximum Gasteiger partial charge on any atom is 0.0900 e. The second kappa shape index (κ2) is 14.4. The van der Waals surface area contributed by atoms with E-state index in [1.54, 1.807) is 0 Å². The first-order chi connectivity index (χ1) is 31.2. The largest absolute Gasteiger partial charge is 0.256 e. The number of pyridine rings is 4. The molecule has 12 rings (SSSR count). The fraction of sp³-hybridized carbons (Fsp3) is 0.100. The maximum atomic E-state index is 4.98. The Labute approximate surface area is 374 Å². The molecule has 4 heterocycles. The van der Waals surface area contributed by atoms with Crippen molar-refractivity contribution in [3.63, 3.8) is 0 Å². The van der Waals surface area contributed by atoms with E-state index in [9.17, 15) is 0 Å². The van der Waals surface area contributed by atoms with Gasteiger partial charge in [0.1, 0.15) is 0 Å². The summed E-state index contributed by atoms with van der Waals surface area (Å²) in [5, 5.41) is 2.70. The highest BCUT2D eigenvalue weighted by atomic mass is 14.8. The summed E-state index contributed by atoms with van der Waals surface area (Å²) in [5.74, 6) is 0. The van der Waals surface area contributed by atoms with Crippen LogP contribution in [-0.2, 0) is 10.8 Å². The van der Waals surface area contributed by atoms with Gasteiger partial charge >= 0.3 is 0 Å². The van der Waals surface area contributed by atoms with Crippen LogP contribution in [0.4, 0.5) is 0 Å². The topological polar surface area (TPSA) is 51.6 Å². The molecule has 0 saturated heterocycles. The van der Waals surface area contributed by atoms with Crippen LogP contribution in [0, 0.1) is 0 Å². The van der Waals surface area contributed by atoms with Crippen molar-refractivity contribution >= 4 is 10.8 Å². The van der Waals surface area contributed by atoms with E-state index < -0.39 is 0 Å². The monoisotopic (exact) mass is 820 g/mol. The summed E-state index contributed by atoms with van der Waals surface area (Å²) in [5.41, 5.74) is 23.0. The Bertz CT molecular complexity index is 3410. The Morgan fingerprint density at radius 3 is 1.22 bits per heavy atom. The first kappa shape index (κ1) is 37.9. The smallest absolute Gasteiger partial charge is 0.0900 e. The van der Waals surface area contributed by atoms with Gasteiger partial charge in [0.2, 0.25) is 0 Å². The van der Waals surface area contributed by atoms with E-state index >= 15 is 0 Å². The lowest BCUT2D eigenvalue weighted by Gasteiger charge is -2.27. The number of rotatable bonds is 6. The van der Waals surface area contributed by atoms with Crippen LogP contribution in [0.15, 0.2) is 195 Å². The molecule has 0 amide bonds. The molecule has 0 aliphatic heterocycles. The molecule has 0 radical (unpaired) electrons. The first-order valence-corrected chi connectivity index (χ1v) is 22.1. The average molecular weight is 821 g/mol. The van der Waals surface area contributed by atoms with E-state index in [4.69, 9.17) is 4.98 Å². The SMILES string of the molecule is CC1(C)c2cc(-c3ccc(-c4cc(-c5ccccn5)nc(-c5ccccn5)c4)cc3)ccc2-c2ccc3c4c(ccc3c21)-c1ccc(-c2cccc(-c3ccccn3)c2)cc1C4(C)C. The lowest BCUT2D eigenvalue weighted by Crippen LogP contribution is -2.18. The predicted molar refractivity (Wildman–Crippen MR) is 263 cm³/mol. The van der Waals surface area contributed by atoms with Gasteiger partial charge < -0.3 is 0 Å². The Balaban J connectivity index is 0.880. The van der Waals surface area contributed by atoms with Crippen LogP contribution in [0.3, 0.4) is 0 Å². The molecule has 64 heavy (non-hydrogen) atoms. The molecule has 4 nitrogen and oxygen atoms in total. The molecule has 2 aliphatic carbocycles. The molecule has 6 aromatic carbocycles. The van der Waals surface area contributed by atoms with Crippen LogP contribution in [-0.4, -0.2) is 19.9 Å². The van der Waals surface area contributed by atoms with Gasteiger partial charge in [-0.25, -0.2) is 4.98 Å². The highest BCUT2D eigenvalue weighted by molar-refractivity contribution is 6.04. The molecule has 0 fully saturated rings. The molecule has 10 aromatic rings. The Morgan fingerprint density at radius 1 is 0.297 bits per heavy atom. The molecule has 0 bridgehead atoms. The zero-order valence-corrected chi connectivity index (χ0v) is 36.3. The van der Waals surface area contributed by atoms with Crippen molar-refractivity contribution in [3.05, 3.63) is 217 Å². The summed E-state index contributed by atoms with van der Waals surface area (Å²) < 4.78 is 0. The van der Waals surface area contributed by atoms with E-state index in [1.807, 2.05) is 67.1 Å². The normalized spacial score (nSPS) is 13.9. The number of aromatic nitrogens is 4. The van der Waals surface area contributed by atoms with Gasteiger partial charge in [-0.2, -0.15) is 0 Å². The molecule has 0 atom stereocenters. The van der Waals surface area contributed by atoms with Gasteiger partial charge in [0, 0.05) is 35.0 Å². The molecule has 4 aromatic heterocycles.